The highest BCUT2D eigenvalue weighted by Gasteiger charge is 1.99. The van der Waals surface area contributed by atoms with Crippen LogP contribution in [-0.4, -0.2) is 18.1 Å². The standard InChI is InChI=1S/C8H15N3OS/c1-6(2-9)3-10-4-7-5-13-8(12)11-7/h5-6,10H,2-4,9H2,1H3,(H,11,12). The number of aromatic amines is 1. The molecule has 0 fully saturated rings. The van der Waals surface area contributed by atoms with Gasteiger partial charge in [-0.25, -0.2) is 0 Å². The van der Waals surface area contributed by atoms with Crippen LogP contribution in [0.25, 0.3) is 0 Å². The van der Waals surface area contributed by atoms with Crippen LogP contribution in [0.4, 0.5) is 0 Å². The topological polar surface area (TPSA) is 70.9 Å². The van der Waals surface area contributed by atoms with E-state index < -0.39 is 0 Å². The summed E-state index contributed by atoms with van der Waals surface area (Å²) in [6, 6.07) is 0. The van der Waals surface area contributed by atoms with Gasteiger partial charge in [-0.15, -0.1) is 0 Å². The molecule has 0 amide bonds. The van der Waals surface area contributed by atoms with Crippen LogP contribution in [0.5, 0.6) is 0 Å². The van der Waals surface area contributed by atoms with Gasteiger partial charge < -0.3 is 16.0 Å². The van der Waals surface area contributed by atoms with Crippen molar-refractivity contribution in [2.24, 2.45) is 11.7 Å². The zero-order valence-corrected chi connectivity index (χ0v) is 8.49. The molecule has 0 radical (unpaired) electrons. The number of aromatic nitrogens is 1. The summed E-state index contributed by atoms with van der Waals surface area (Å²) in [5, 5.41) is 5.06. The van der Waals surface area contributed by atoms with Crippen molar-refractivity contribution in [2.75, 3.05) is 13.1 Å². The summed E-state index contributed by atoms with van der Waals surface area (Å²) in [4.78, 5) is 13.5. The molecule has 1 aromatic rings. The molecule has 0 aromatic carbocycles. The number of nitrogens with one attached hydrogen (secondary N) is 2. The average molecular weight is 201 g/mol. The van der Waals surface area contributed by atoms with E-state index in [0.717, 1.165) is 12.2 Å². The molecule has 4 N–H and O–H groups in total. The maximum atomic E-state index is 10.8. The quantitative estimate of drug-likeness (QED) is 0.633. The largest absolute Gasteiger partial charge is 0.330 e. The van der Waals surface area contributed by atoms with Crippen LogP contribution in [0.15, 0.2) is 10.2 Å². The van der Waals surface area contributed by atoms with E-state index in [9.17, 15) is 4.79 Å². The van der Waals surface area contributed by atoms with E-state index in [1.165, 1.54) is 11.3 Å². The fourth-order valence-corrected chi connectivity index (χ4v) is 1.52. The summed E-state index contributed by atoms with van der Waals surface area (Å²) in [6.07, 6.45) is 0. The lowest BCUT2D eigenvalue weighted by Crippen LogP contribution is -2.26. The van der Waals surface area contributed by atoms with Crippen molar-refractivity contribution in [2.45, 2.75) is 13.5 Å². The number of hydrogen-bond acceptors (Lipinski definition) is 4. The molecular weight excluding hydrogens is 186 g/mol. The normalized spacial score (nSPS) is 13.1. The molecule has 1 atom stereocenters. The number of thiazole rings is 1. The van der Waals surface area contributed by atoms with Crippen LogP contribution in [0.3, 0.4) is 0 Å². The molecule has 0 spiro atoms. The van der Waals surface area contributed by atoms with Gasteiger partial charge in [0, 0.05) is 17.6 Å². The predicted octanol–water partition coefficient (Wildman–Crippen LogP) is 0.121. The van der Waals surface area contributed by atoms with Crippen molar-refractivity contribution >= 4 is 11.3 Å². The van der Waals surface area contributed by atoms with Crippen molar-refractivity contribution in [3.05, 3.63) is 20.7 Å². The Morgan fingerprint density at radius 3 is 3.08 bits per heavy atom. The Hall–Kier alpha value is -0.650. The molecule has 1 rings (SSSR count). The van der Waals surface area contributed by atoms with Gasteiger partial charge >= 0.3 is 4.87 Å². The maximum Gasteiger partial charge on any atom is 0.304 e. The second-order valence-electron chi connectivity index (χ2n) is 3.15. The van der Waals surface area contributed by atoms with E-state index in [2.05, 4.69) is 17.2 Å². The highest BCUT2D eigenvalue weighted by molar-refractivity contribution is 7.07. The first-order valence-corrected chi connectivity index (χ1v) is 5.18. The van der Waals surface area contributed by atoms with Crippen LogP contribution in [0.1, 0.15) is 12.6 Å². The summed E-state index contributed by atoms with van der Waals surface area (Å²) in [7, 11) is 0. The zero-order valence-electron chi connectivity index (χ0n) is 7.67. The second kappa shape index (κ2) is 5.16. The van der Waals surface area contributed by atoms with E-state index in [1.54, 1.807) is 0 Å². The lowest BCUT2D eigenvalue weighted by molar-refractivity contribution is 0.519. The van der Waals surface area contributed by atoms with E-state index >= 15 is 0 Å². The maximum absolute atomic E-state index is 10.8. The molecule has 5 heteroatoms. The van der Waals surface area contributed by atoms with Crippen LogP contribution in [0, 0.1) is 5.92 Å². The van der Waals surface area contributed by atoms with Crippen molar-refractivity contribution in [1.29, 1.82) is 0 Å². The van der Waals surface area contributed by atoms with E-state index in [4.69, 9.17) is 5.73 Å². The minimum absolute atomic E-state index is 0.00340. The molecule has 0 aliphatic carbocycles. The summed E-state index contributed by atoms with van der Waals surface area (Å²) in [5.41, 5.74) is 6.40. The van der Waals surface area contributed by atoms with E-state index in [0.29, 0.717) is 19.0 Å². The van der Waals surface area contributed by atoms with Crippen molar-refractivity contribution in [3.63, 3.8) is 0 Å². The average Bonchev–Trinajstić information content (AvgIpc) is 2.51. The number of rotatable bonds is 5. The Morgan fingerprint density at radius 1 is 1.77 bits per heavy atom. The molecule has 74 valence electrons. The molecule has 0 bridgehead atoms. The minimum Gasteiger partial charge on any atom is -0.330 e. The minimum atomic E-state index is 0.00340. The van der Waals surface area contributed by atoms with Gasteiger partial charge in [0.2, 0.25) is 0 Å². The van der Waals surface area contributed by atoms with Gasteiger partial charge in [-0.2, -0.15) is 0 Å². The lowest BCUT2D eigenvalue weighted by atomic mass is 10.2. The Kier molecular flexibility index (Phi) is 4.14. The first kappa shape index (κ1) is 10.4. The summed E-state index contributed by atoms with van der Waals surface area (Å²) < 4.78 is 0. The molecule has 13 heavy (non-hydrogen) atoms. The molecule has 1 heterocycles. The molecule has 0 aliphatic heterocycles. The van der Waals surface area contributed by atoms with Crippen LogP contribution in [-0.2, 0) is 6.54 Å². The summed E-state index contributed by atoms with van der Waals surface area (Å²) in [5.74, 6) is 0.477. The monoisotopic (exact) mass is 201 g/mol. The molecule has 1 aromatic heterocycles. The van der Waals surface area contributed by atoms with Crippen LogP contribution >= 0.6 is 11.3 Å². The van der Waals surface area contributed by atoms with Gasteiger partial charge in [-0.3, -0.25) is 4.79 Å². The molecule has 0 saturated heterocycles. The Morgan fingerprint density at radius 2 is 2.54 bits per heavy atom. The number of nitrogens with two attached hydrogens (primary N) is 1. The van der Waals surface area contributed by atoms with Gasteiger partial charge in [0.15, 0.2) is 0 Å². The first-order chi connectivity index (χ1) is 6.22. The van der Waals surface area contributed by atoms with Gasteiger partial charge in [-0.05, 0) is 19.0 Å². The Bertz CT molecular complexity index is 294. The van der Waals surface area contributed by atoms with Crippen molar-refractivity contribution in [3.8, 4) is 0 Å². The van der Waals surface area contributed by atoms with E-state index in [1.807, 2.05) is 5.38 Å². The second-order valence-corrected chi connectivity index (χ2v) is 3.99. The third-order valence-corrected chi connectivity index (χ3v) is 2.50. The zero-order chi connectivity index (χ0) is 9.68. The van der Waals surface area contributed by atoms with Gasteiger partial charge in [-0.1, -0.05) is 18.3 Å². The van der Waals surface area contributed by atoms with Gasteiger partial charge in [0.05, 0.1) is 0 Å². The number of hydrogen-bond donors (Lipinski definition) is 3. The third kappa shape index (κ3) is 3.71. The summed E-state index contributed by atoms with van der Waals surface area (Å²) >= 11 is 1.19. The Labute approximate surface area is 81.2 Å². The highest BCUT2D eigenvalue weighted by atomic mass is 32.1. The molecule has 4 nitrogen and oxygen atoms in total. The molecule has 1 unspecified atom stereocenters. The van der Waals surface area contributed by atoms with Gasteiger partial charge in [0.1, 0.15) is 0 Å². The predicted molar refractivity (Wildman–Crippen MR) is 54.9 cm³/mol. The number of H-pyrrole nitrogens is 1. The van der Waals surface area contributed by atoms with E-state index in [-0.39, 0.29) is 4.87 Å². The molecule has 0 saturated carbocycles. The highest BCUT2D eigenvalue weighted by Crippen LogP contribution is 1.95. The lowest BCUT2D eigenvalue weighted by Gasteiger charge is -2.08. The SMILES string of the molecule is CC(CN)CNCc1csc(=O)[nH]1. The first-order valence-electron chi connectivity index (χ1n) is 4.30. The van der Waals surface area contributed by atoms with Crippen molar-refractivity contribution < 1.29 is 0 Å². The van der Waals surface area contributed by atoms with Crippen LogP contribution in [0.2, 0.25) is 0 Å². The molecular formula is C8H15N3OS. The fourth-order valence-electron chi connectivity index (χ4n) is 0.937. The van der Waals surface area contributed by atoms with Gasteiger partial charge in [0.25, 0.3) is 0 Å². The summed E-state index contributed by atoms with van der Waals surface area (Å²) in [6.45, 7) is 4.37. The fraction of sp³-hybridized carbons (Fsp3) is 0.625. The Balaban J connectivity index is 2.24. The third-order valence-electron chi connectivity index (χ3n) is 1.78. The van der Waals surface area contributed by atoms with Crippen molar-refractivity contribution in [1.82, 2.24) is 10.3 Å². The van der Waals surface area contributed by atoms with Crippen LogP contribution < -0.4 is 15.9 Å². The molecule has 0 aliphatic rings. The smallest absolute Gasteiger partial charge is 0.304 e.